The van der Waals surface area contributed by atoms with Gasteiger partial charge in [-0.3, -0.25) is 0 Å². The highest BCUT2D eigenvalue weighted by atomic mass is 79.9. The van der Waals surface area contributed by atoms with E-state index in [1.165, 1.54) is 0 Å². The molecule has 0 saturated heterocycles. The van der Waals surface area contributed by atoms with Crippen molar-refractivity contribution in [3.8, 4) is 5.75 Å². The van der Waals surface area contributed by atoms with Gasteiger partial charge in [0.25, 0.3) is 0 Å². The minimum absolute atomic E-state index is 0.163. The van der Waals surface area contributed by atoms with E-state index in [1.807, 2.05) is 12.1 Å². The van der Waals surface area contributed by atoms with Gasteiger partial charge in [-0.05, 0) is 41.4 Å². The molecule has 106 valence electrons. The van der Waals surface area contributed by atoms with Crippen LogP contribution in [0.25, 0.3) is 0 Å². The quantitative estimate of drug-likeness (QED) is 0.884. The van der Waals surface area contributed by atoms with E-state index < -0.39 is 0 Å². The maximum absolute atomic E-state index is 5.75. The maximum atomic E-state index is 5.75. The summed E-state index contributed by atoms with van der Waals surface area (Å²) in [6.07, 6.45) is 1.41. The molecule has 0 aliphatic heterocycles. The smallest absolute Gasteiger partial charge is 0.135 e. The van der Waals surface area contributed by atoms with Crippen LogP contribution in [0.4, 0.5) is 5.69 Å². The van der Waals surface area contributed by atoms with Crippen LogP contribution >= 0.6 is 15.9 Å². The largest absolute Gasteiger partial charge is 0.495 e. The molecule has 1 N–H and O–H groups in total. The lowest BCUT2D eigenvalue weighted by atomic mass is 9.64. The fraction of sp³-hybridized carbons (Fsp3) is 0.600. The highest BCUT2D eigenvalue weighted by Gasteiger charge is 2.48. The summed E-state index contributed by atoms with van der Waals surface area (Å²) in [5.41, 5.74) is 1.25. The molecule has 1 aromatic rings. The van der Waals surface area contributed by atoms with E-state index in [2.05, 4.69) is 48.1 Å². The van der Waals surface area contributed by atoms with Gasteiger partial charge in [0.2, 0.25) is 0 Å². The summed E-state index contributed by atoms with van der Waals surface area (Å²) >= 11 is 3.47. The Balaban J connectivity index is 2.03. The Labute approximate surface area is 123 Å². The predicted molar refractivity (Wildman–Crippen MR) is 81.9 cm³/mol. The molecule has 0 aromatic heterocycles. The molecule has 2 unspecified atom stereocenters. The normalized spacial score (nSPS) is 24.7. The fourth-order valence-corrected chi connectivity index (χ4v) is 2.97. The van der Waals surface area contributed by atoms with E-state index in [-0.39, 0.29) is 5.41 Å². The molecule has 1 saturated carbocycles. The topological polar surface area (TPSA) is 30.5 Å². The number of methoxy groups -OCH3 is 1. The first kappa shape index (κ1) is 14.7. The Morgan fingerprint density at radius 1 is 1.42 bits per heavy atom. The van der Waals surface area contributed by atoms with Crippen molar-refractivity contribution in [3.05, 3.63) is 22.7 Å². The van der Waals surface area contributed by atoms with Gasteiger partial charge >= 0.3 is 0 Å². The van der Waals surface area contributed by atoms with Crippen LogP contribution in [0.2, 0.25) is 0 Å². The number of hydrogen-bond acceptors (Lipinski definition) is 3. The van der Waals surface area contributed by atoms with Crippen LogP contribution in [0.5, 0.6) is 5.75 Å². The maximum Gasteiger partial charge on any atom is 0.135 e. The van der Waals surface area contributed by atoms with E-state index >= 15 is 0 Å². The van der Waals surface area contributed by atoms with Crippen molar-refractivity contribution in [2.24, 2.45) is 5.41 Å². The molecule has 0 spiro atoms. The van der Waals surface area contributed by atoms with Gasteiger partial charge in [0.1, 0.15) is 5.75 Å². The molecule has 1 aromatic carbocycles. The summed E-state index contributed by atoms with van der Waals surface area (Å²) in [6, 6.07) is 6.53. The fourth-order valence-electron chi connectivity index (χ4n) is 2.57. The molecule has 19 heavy (non-hydrogen) atoms. The molecule has 2 rings (SSSR count). The van der Waals surface area contributed by atoms with E-state index in [1.54, 1.807) is 7.11 Å². The molecule has 0 amide bonds. The van der Waals surface area contributed by atoms with Gasteiger partial charge in [-0.1, -0.05) is 13.8 Å². The number of hydrogen-bond donors (Lipinski definition) is 1. The van der Waals surface area contributed by atoms with E-state index in [9.17, 15) is 0 Å². The van der Waals surface area contributed by atoms with Crippen LogP contribution in [-0.2, 0) is 4.74 Å². The standard InChI is InChI=1S/C15H22BrNO2/c1-5-19-14-9-13(15(14,2)3)17-10-6-7-11(16)12(8-10)18-4/h6-8,13-14,17H,5,9H2,1-4H3. The first-order chi connectivity index (χ1) is 8.98. The van der Waals surface area contributed by atoms with Gasteiger partial charge in [0.15, 0.2) is 0 Å². The lowest BCUT2D eigenvalue weighted by molar-refractivity contribution is -0.0975. The molecule has 0 heterocycles. The predicted octanol–water partition coefficient (Wildman–Crippen LogP) is 4.07. The summed E-state index contributed by atoms with van der Waals surface area (Å²) in [5.74, 6) is 0.850. The van der Waals surface area contributed by atoms with Gasteiger partial charge < -0.3 is 14.8 Å². The van der Waals surface area contributed by atoms with Crippen LogP contribution in [0, 0.1) is 5.41 Å². The second-order valence-corrected chi connectivity index (χ2v) is 6.40. The zero-order valence-corrected chi connectivity index (χ0v) is 13.6. The van der Waals surface area contributed by atoms with Crippen molar-refractivity contribution in [3.63, 3.8) is 0 Å². The number of ether oxygens (including phenoxy) is 2. The number of anilines is 1. The molecule has 4 heteroatoms. The molecule has 1 aliphatic carbocycles. The molecule has 1 aliphatic rings. The molecular weight excluding hydrogens is 306 g/mol. The van der Waals surface area contributed by atoms with Crippen LogP contribution in [-0.4, -0.2) is 25.9 Å². The van der Waals surface area contributed by atoms with Crippen molar-refractivity contribution in [1.82, 2.24) is 0 Å². The monoisotopic (exact) mass is 327 g/mol. The first-order valence-electron chi connectivity index (χ1n) is 6.70. The second-order valence-electron chi connectivity index (χ2n) is 5.55. The van der Waals surface area contributed by atoms with E-state index in [0.29, 0.717) is 12.1 Å². The van der Waals surface area contributed by atoms with Gasteiger partial charge in [0.05, 0.1) is 17.7 Å². The third-order valence-corrected chi connectivity index (χ3v) is 4.69. The van der Waals surface area contributed by atoms with Gasteiger partial charge in [-0.15, -0.1) is 0 Å². The first-order valence-corrected chi connectivity index (χ1v) is 7.50. The molecular formula is C15H22BrNO2. The lowest BCUT2D eigenvalue weighted by Crippen LogP contribution is -2.58. The van der Waals surface area contributed by atoms with Crippen LogP contribution in [0.1, 0.15) is 27.2 Å². The van der Waals surface area contributed by atoms with Crippen molar-refractivity contribution in [2.45, 2.75) is 39.3 Å². The van der Waals surface area contributed by atoms with E-state index in [0.717, 1.165) is 28.9 Å². The Bertz CT molecular complexity index is 448. The highest BCUT2D eigenvalue weighted by molar-refractivity contribution is 9.10. The third-order valence-electron chi connectivity index (χ3n) is 4.04. The summed E-state index contributed by atoms with van der Waals surface area (Å²) in [5, 5.41) is 3.58. The summed E-state index contributed by atoms with van der Waals surface area (Å²) in [4.78, 5) is 0. The van der Waals surface area contributed by atoms with Gasteiger partial charge in [-0.2, -0.15) is 0 Å². The molecule has 2 atom stereocenters. The van der Waals surface area contributed by atoms with Gasteiger partial charge in [-0.25, -0.2) is 0 Å². The van der Waals surface area contributed by atoms with Crippen molar-refractivity contribution in [1.29, 1.82) is 0 Å². The SMILES string of the molecule is CCOC1CC(Nc2ccc(Br)c(OC)c2)C1(C)C. The highest BCUT2D eigenvalue weighted by Crippen LogP contribution is 2.44. The molecule has 1 fully saturated rings. The number of rotatable bonds is 5. The van der Waals surface area contributed by atoms with Gasteiger partial charge in [0, 0.05) is 29.8 Å². The summed E-state index contributed by atoms with van der Waals surface area (Å²) < 4.78 is 12.0. The summed E-state index contributed by atoms with van der Waals surface area (Å²) in [6.45, 7) is 7.35. The van der Waals surface area contributed by atoms with Crippen molar-refractivity contribution >= 4 is 21.6 Å². The molecule has 3 nitrogen and oxygen atoms in total. The molecule has 0 bridgehead atoms. The Hall–Kier alpha value is -0.740. The lowest BCUT2D eigenvalue weighted by Gasteiger charge is -2.52. The Kier molecular flexibility index (Phi) is 4.41. The average Bonchev–Trinajstić information content (AvgIpc) is 2.39. The number of benzene rings is 1. The van der Waals surface area contributed by atoms with Crippen molar-refractivity contribution in [2.75, 3.05) is 19.0 Å². The zero-order chi connectivity index (χ0) is 14.0. The van der Waals surface area contributed by atoms with Crippen molar-refractivity contribution < 1.29 is 9.47 Å². The summed E-state index contributed by atoms with van der Waals surface area (Å²) in [7, 11) is 1.68. The van der Waals surface area contributed by atoms with Crippen LogP contribution < -0.4 is 10.1 Å². The Morgan fingerprint density at radius 3 is 2.74 bits per heavy atom. The average molecular weight is 328 g/mol. The Morgan fingerprint density at radius 2 is 2.16 bits per heavy atom. The molecule has 0 radical (unpaired) electrons. The van der Waals surface area contributed by atoms with Crippen LogP contribution in [0.3, 0.4) is 0 Å². The minimum atomic E-state index is 0.163. The van der Waals surface area contributed by atoms with Crippen LogP contribution in [0.15, 0.2) is 22.7 Å². The number of halogens is 1. The third kappa shape index (κ3) is 2.90. The number of nitrogens with one attached hydrogen (secondary N) is 1. The second kappa shape index (κ2) is 5.71. The zero-order valence-electron chi connectivity index (χ0n) is 12.0. The minimum Gasteiger partial charge on any atom is -0.495 e. The van der Waals surface area contributed by atoms with E-state index in [4.69, 9.17) is 9.47 Å².